The molecule has 0 aliphatic carbocycles. The van der Waals surface area contributed by atoms with E-state index in [-0.39, 0.29) is 17.7 Å². The Morgan fingerprint density at radius 3 is 2.81 bits per heavy atom. The highest BCUT2D eigenvalue weighted by molar-refractivity contribution is 5.87. The normalized spacial score (nSPS) is 15.1. The molecule has 0 saturated carbocycles. The second-order valence-electron chi connectivity index (χ2n) is 3.64. The summed E-state index contributed by atoms with van der Waals surface area (Å²) in [5.41, 5.74) is 4.89. The number of aromatic nitrogens is 2. The lowest BCUT2D eigenvalue weighted by Gasteiger charge is -2.15. The van der Waals surface area contributed by atoms with Crippen molar-refractivity contribution in [2.75, 3.05) is 24.1 Å². The van der Waals surface area contributed by atoms with Gasteiger partial charge in [0, 0.05) is 13.1 Å². The van der Waals surface area contributed by atoms with Gasteiger partial charge in [-0.3, -0.25) is 15.1 Å². The zero-order valence-corrected chi connectivity index (χ0v) is 8.69. The fourth-order valence-electron chi connectivity index (χ4n) is 1.57. The van der Waals surface area contributed by atoms with Crippen molar-refractivity contribution in [1.29, 1.82) is 0 Å². The quantitative estimate of drug-likeness (QED) is 0.622. The maximum Gasteiger partial charge on any atom is 0.324 e. The molecule has 0 spiro atoms. The van der Waals surface area contributed by atoms with Crippen LogP contribution in [-0.4, -0.2) is 34.0 Å². The van der Waals surface area contributed by atoms with Gasteiger partial charge in [-0.1, -0.05) is 0 Å². The number of nitrogens with one attached hydrogen (secondary N) is 2. The van der Waals surface area contributed by atoms with Crippen molar-refractivity contribution in [2.24, 2.45) is 0 Å². The van der Waals surface area contributed by atoms with Gasteiger partial charge in [0.2, 0.25) is 5.95 Å². The number of amides is 2. The molecule has 2 amide bonds. The molecule has 1 fully saturated rings. The lowest BCUT2D eigenvalue weighted by Crippen LogP contribution is -2.33. The second kappa shape index (κ2) is 4.21. The van der Waals surface area contributed by atoms with Crippen LogP contribution in [0.25, 0.3) is 0 Å². The number of rotatable bonds is 1. The Bertz CT molecular complexity index is 449. The van der Waals surface area contributed by atoms with E-state index in [0.717, 1.165) is 25.9 Å². The average molecular weight is 223 g/mol. The maximum atomic E-state index is 11.6. The first-order valence-corrected chi connectivity index (χ1v) is 5.07. The highest BCUT2D eigenvalue weighted by Crippen LogP contribution is 2.08. The van der Waals surface area contributed by atoms with Crippen LogP contribution < -0.4 is 16.6 Å². The van der Waals surface area contributed by atoms with Gasteiger partial charge in [0.1, 0.15) is 5.69 Å². The van der Waals surface area contributed by atoms with E-state index in [4.69, 9.17) is 5.73 Å². The molecule has 7 heteroatoms. The van der Waals surface area contributed by atoms with E-state index in [1.54, 1.807) is 4.90 Å². The lowest BCUT2D eigenvalue weighted by atomic mass is 10.4. The van der Waals surface area contributed by atoms with Gasteiger partial charge in [-0.15, -0.1) is 0 Å². The average Bonchev–Trinajstić information content (AvgIpc) is 2.77. The minimum Gasteiger partial charge on any atom is -0.393 e. The van der Waals surface area contributed by atoms with Crippen LogP contribution in [-0.2, 0) is 0 Å². The van der Waals surface area contributed by atoms with E-state index in [2.05, 4.69) is 15.3 Å². The molecule has 2 rings (SSSR count). The van der Waals surface area contributed by atoms with E-state index >= 15 is 0 Å². The molecular weight excluding hydrogens is 210 g/mol. The number of hydrogen-bond donors (Lipinski definition) is 3. The van der Waals surface area contributed by atoms with Crippen molar-refractivity contribution < 1.29 is 4.79 Å². The molecule has 0 unspecified atom stereocenters. The van der Waals surface area contributed by atoms with Crippen LogP contribution in [0, 0.1) is 0 Å². The van der Waals surface area contributed by atoms with Gasteiger partial charge in [-0.25, -0.2) is 9.78 Å². The van der Waals surface area contributed by atoms with Crippen LogP contribution in [0.3, 0.4) is 0 Å². The molecule has 0 atom stereocenters. The number of aromatic amines is 1. The molecule has 1 aliphatic rings. The second-order valence-corrected chi connectivity index (χ2v) is 3.64. The topological polar surface area (TPSA) is 104 Å². The number of nitrogens with two attached hydrogens (primary N) is 1. The summed E-state index contributed by atoms with van der Waals surface area (Å²) in [7, 11) is 0. The van der Waals surface area contributed by atoms with E-state index < -0.39 is 5.56 Å². The van der Waals surface area contributed by atoms with E-state index in [9.17, 15) is 9.59 Å². The van der Waals surface area contributed by atoms with Gasteiger partial charge in [-0.05, 0) is 12.8 Å². The number of nitrogens with zero attached hydrogens (tertiary/aromatic N) is 2. The molecule has 2 heterocycles. The van der Waals surface area contributed by atoms with Crippen molar-refractivity contribution in [3.05, 3.63) is 16.6 Å². The zero-order chi connectivity index (χ0) is 11.5. The first-order chi connectivity index (χ1) is 7.66. The Kier molecular flexibility index (Phi) is 2.76. The molecule has 1 saturated heterocycles. The standard InChI is InChI=1S/C9H13N5O2/c10-6-5-11-8(12-7(6)15)13-9(16)14-3-1-2-4-14/h5H,1-4,10H2,(H2,11,12,13,15,16). The summed E-state index contributed by atoms with van der Waals surface area (Å²) in [5.74, 6) is 0.121. The molecule has 7 nitrogen and oxygen atoms in total. The van der Waals surface area contributed by atoms with Crippen molar-refractivity contribution in [2.45, 2.75) is 12.8 Å². The van der Waals surface area contributed by atoms with Crippen LogP contribution in [0.5, 0.6) is 0 Å². The van der Waals surface area contributed by atoms with E-state index in [1.165, 1.54) is 6.20 Å². The molecular formula is C9H13N5O2. The van der Waals surface area contributed by atoms with Crippen LogP contribution in [0.4, 0.5) is 16.4 Å². The van der Waals surface area contributed by atoms with Gasteiger partial charge >= 0.3 is 6.03 Å². The first kappa shape index (κ1) is 10.5. The van der Waals surface area contributed by atoms with Gasteiger partial charge in [-0.2, -0.15) is 0 Å². The minimum atomic E-state index is -0.452. The predicted molar refractivity (Wildman–Crippen MR) is 59.1 cm³/mol. The number of H-pyrrole nitrogens is 1. The fourth-order valence-corrected chi connectivity index (χ4v) is 1.57. The molecule has 0 radical (unpaired) electrons. The molecule has 0 aromatic carbocycles. The van der Waals surface area contributed by atoms with E-state index in [0.29, 0.717) is 0 Å². The molecule has 1 aromatic heterocycles. The summed E-state index contributed by atoms with van der Waals surface area (Å²) in [6.07, 6.45) is 3.25. The summed E-state index contributed by atoms with van der Waals surface area (Å²) in [6, 6.07) is -0.245. The first-order valence-electron chi connectivity index (χ1n) is 5.07. The van der Waals surface area contributed by atoms with Crippen LogP contribution in [0.1, 0.15) is 12.8 Å². The van der Waals surface area contributed by atoms with Gasteiger partial charge < -0.3 is 10.6 Å². The SMILES string of the molecule is Nc1cnc(NC(=O)N2CCCC2)[nH]c1=O. The summed E-state index contributed by atoms with van der Waals surface area (Å²) < 4.78 is 0. The Labute approximate surface area is 91.7 Å². The summed E-state index contributed by atoms with van der Waals surface area (Å²) in [4.78, 5) is 30.7. The molecule has 4 N–H and O–H groups in total. The lowest BCUT2D eigenvalue weighted by molar-refractivity contribution is 0.222. The van der Waals surface area contributed by atoms with Crippen LogP contribution in [0.2, 0.25) is 0 Å². The molecule has 1 aromatic rings. The summed E-state index contributed by atoms with van der Waals surface area (Å²) in [6.45, 7) is 1.48. The summed E-state index contributed by atoms with van der Waals surface area (Å²) in [5, 5.41) is 2.52. The number of carbonyl (C=O) groups excluding carboxylic acids is 1. The summed E-state index contributed by atoms with van der Waals surface area (Å²) >= 11 is 0. The third-order valence-electron chi connectivity index (χ3n) is 2.45. The molecule has 16 heavy (non-hydrogen) atoms. The number of urea groups is 1. The Morgan fingerprint density at radius 1 is 1.50 bits per heavy atom. The fraction of sp³-hybridized carbons (Fsp3) is 0.444. The Morgan fingerprint density at radius 2 is 2.19 bits per heavy atom. The van der Waals surface area contributed by atoms with Crippen molar-refractivity contribution in [3.8, 4) is 0 Å². The molecule has 0 bridgehead atoms. The third-order valence-corrected chi connectivity index (χ3v) is 2.45. The Hall–Kier alpha value is -2.05. The monoisotopic (exact) mass is 223 g/mol. The predicted octanol–water partition coefficient (Wildman–Crippen LogP) is -0.0202. The van der Waals surface area contributed by atoms with Crippen molar-refractivity contribution in [1.82, 2.24) is 14.9 Å². The van der Waals surface area contributed by atoms with Crippen molar-refractivity contribution in [3.63, 3.8) is 0 Å². The number of likely N-dealkylation sites (tertiary alicyclic amines) is 1. The van der Waals surface area contributed by atoms with E-state index in [1.807, 2.05) is 0 Å². The molecule has 86 valence electrons. The van der Waals surface area contributed by atoms with Gasteiger partial charge in [0.25, 0.3) is 5.56 Å². The highest BCUT2D eigenvalue weighted by atomic mass is 16.2. The molecule has 1 aliphatic heterocycles. The Balaban J connectivity index is 2.05. The number of carbonyl (C=O) groups is 1. The highest BCUT2D eigenvalue weighted by Gasteiger charge is 2.18. The maximum absolute atomic E-state index is 11.6. The van der Waals surface area contributed by atoms with Crippen molar-refractivity contribution >= 4 is 17.7 Å². The number of anilines is 2. The van der Waals surface area contributed by atoms with Crippen LogP contribution >= 0.6 is 0 Å². The minimum absolute atomic E-state index is 0.0270. The van der Waals surface area contributed by atoms with Gasteiger partial charge in [0.15, 0.2) is 0 Å². The van der Waals surface area contributed by atoms with Crippen LogP contribution in [0.15, 0.2) is 11.0 Å². The largest absolute Gasteiger partial charge is 0.393 e. The third kappa shape index (κ3) is 2.13. The number of nitrogen functional groups attached to an aromatic ring is 1. The zero-order valence-electron chi connectivity index (χ0n) is 8.69. The number of hydrogen-bond acceptors (Lipinski definition) is 4. The smallest absolute Gasteiger partial charge is 0.324 e. The van der Waals surface area contributed by atoms with Gasteiger partial charge in [0.05, 0.1) is 6.20 Å².